The van der Waals surface area contributed by atoms with E-state index >= 15 is 0 Å². The van der Waals surface area contributed by atoms with Gasteiger partial charge in [-0.3, -0.25) is 0 Å². The van der Waals surface area contributed by atoms with Crippen molar-refractivity contribution in [3.8, 4) is 11.5 Å². The minimum absolute atomic E-state index is 0.147. The topological polar surface area (TPSA) is 64.8 Å². The van der Waals surface area contributed by atoms with Crippen molar-refractivity contribution in [1.82, 2.24) is 14.5 Å². The summed E-state index contributed by atoms with van der Waals surface area (Å²) in [6.07, 6.45) is 4.89. The summed E-state index contributed by atoms with van der Waals surface area (Å²) in [6, 6.07) is 9.64. The van der Waals surface area contributed by atoms with Crippen LogP contribution in [0.3, 0.4) is 0 Å². The summed E-state index contributed by atoms with van der Waals surface area (Å²) >= 11 is 6.01. The van der Waals surface area contributed by atoms with Gasteiger partial charge in [-0.05, 0) is 37.1 Å². The molecule has 0 unspecified atom stereocenters. The molecule has 0 saturated carbocycles. The van der Waals surface area contributed by atoms with Gasteiger partial charge in [-0.2, -0.15) is 0 Å². The highest BCUT2D eigenvalue weighted by Crippen LogP contribution is 2.29. The summed E-state index contributed by atoms with van der Waals surface area (Å²) in [4.78, 5) is 9.13. The molecule has 0 bridgehead atoms. The van der Waals surface area contributed by atoms with Crippen LogP contribution in [0.25, 0.3) is 22.4 Å². The summed E-state index contributed by atoms with van der Waals surface area (Å²) in [7, 11) is -2.88. The van der Waals surface area contributed by atoms with Crippen LogP contribution in [0.5, 0.6) is 0 Å². The van der Waals surface area contributed by atoms with Gasteiger partial charge in [0.05, 0.1) is 17.0 Å². The van der Waals surface area contributed by atoms with Crippen molar-refractivity contribution in [3.63, 3.8) is 0 Å². The van der Waals surface area contributed by atoms with E-state index in [-0.39, 0.29) is 17.5 Å². The number of sulfone groups is 1. The van der Waals surface area contributed by atoms with Gasteiger partial charge in [0.25, 0.3) is 0 Å². The molecule has 2 aromatic heterocycles. The van der Waals surface area contributed by atoms with Crippen molar-refractivity contribution in [3.05, 3.63) is 47.7 Å². The van der Waals surface area contributed by atoms with Gasteiger partial charge in [-0.1, -0.05) is 17.7 Å². The van der Waals surface area contributed by atoms with Crippen LogP contribution in [0.1, 0.15) is 18.9 Å². The molecule has 0 N–H and O–H groups in total. The van der Waals surface area contributed by atoms with Crippen LogP contribution in [0, 0.1) is 0 Å². The maximum atomic E-state index is 11.6. The second-order valence-electron chi connectivity index (χ2n) is 6.07. The first-order valence-electron chi connectivity index (χ1n) is 7.82. The van der Waals surface area contributed by atoms with Gasteiger partial charge >= 0.3 is 0 Å². The largest absolute Gasteiger partial charge is 0.327 e. The highest BCUT2D eigenvalue weighted by atomic mass is 35.5. The molecule has 3 aromatic rings. The van der Waals surface area contributed by atoms with Crippen molar-refractivity contribution in [2.24, 2.45) is 0 Å². The fourth-order valence-electron chi connectivity index (χ4n) is 3.18. The van der Waals surface area contributed by atoms with Crippen LogP contribution in [0.15, 0.2) is 42.7 Å². The van der Waals surface area contributed by atoms with Crippen molar-refractivity contribution >= 4 is 32.3 Å². The molecule has 24 heavy (non-hydrogen) atoms. The molecule has 0 radical (unpaired) electrons. The Labute approximate surface area is 145 Å². The Bertz CT molecular complexity index is 1000. The molecule has 0 spiro atoms. The van der Waals surface area contributed by atoms with Crippen LogP contribution >= 0.6 is 11.6 Å². The lowest BCUT2D eigenvalue weighted by Crippen LogP contribution is -2.25. The molecular formula is C17H16ClN3O2S. The zero-order chi connectivity index (χ0) is 16.7. The first kappa shape index (κ1) is 15.6. The summed E-state index contributed by atoms with van der Waals surface area (Å²) < 4.78 is 25.3. The van der Waals surface area contributed by atoms with E-state index in [1.807, 2.05) is 36.5 Å². The Morgan fingerprint density at radius 2 is 1.92 bits per heavy atom. The summed E-state index contributed by atoms with van der Waals surface area (Å²) in [5.41, 5.74) is 1.64. The van der Waals surface area contributed by atoms with E-state index in [0.29, 0.717) is 17.9 Å². The number of aromatic nitrogens is 3. The molecule has 0 amide bonds. The van der Waals surface area contributed by atoms with Crippen molar-refractivity contribution in [2.75, 3.05) is 11.5 Å². The average molecular weight is 362 g/mol. The van der Waals surface area contributed by atoms with Gasteiger partial charge in [0.1, 0.15) is 15.5 Å². The fourth-order valence-corrected chi connectivity index (χ4v) is 4.83. The third-order valence-electron chi connectivity index (χ3n) is 4.47. The van der Waals surface area contributed by atoms with Crippen LogP contribution in [0.4, 0.5) is 0 Å². The maximum absolute atomic E-state index is 11.6. The maximum Gasteiger partial charge on any atom is 0.158 e. The van der Waals surface area contributed by atoms with Gasteiger partial charge < -0.3 is 4.57 Å². The van der Waals surface area contributed by atoms with E-state index < -0.39 is 9.84 Å². The van der Waals surface area contributed by atoms with Gasteiger partial charge in [-0.25, -0.2) is 18.4 Å². The van der Waals surface area contributed by atoms with Gasteiger partial charge in [0, 0.05) is 28.8 Å². The quantitative estimate of drug-likeness (QED) is 0.700. The van der Waals surface area contributed by atoms with Gasteiger partial charge in [0.15, 0.2) is 5.82 Å². The third kappa shape index (κ3) is 2.91. The predicted octanol–water partition coefficient (Wildman–Crippen LogP) is 3.50. The number of rotatable bonds is 2. The Balaban J connectivity index is 1.71. The van der Waals surface area contributed by atoms with Gasteiger partial charge in [-0.15, -0.1) is 0 Å². The summed E-state index contributed by atoms with van der Waals surface area (Å²) in [5.74, 6) is 1.24. The predicted molar refractivity (Wildman–Crippen MR) is 94.9 cm³/mol. The van der Waals surface area contributed by atoms with Crippen LogP contribution < -0.4 is 0 Å². The minimum atomic E-state index is -2.88. The normalized spacial score (nSPS) is 18.0. The van der Waals surface area contributed by atoms with E-state index in [9.17, 15) is 8.42 Å². The third-order valence-corrected chi connectivity index (χ3v) is 6.42. The molecule has 1 aromatic carbocycles. The number of fused-ring (bicyclic) bond motifs is 1. The molecule has 1 saturated heterocycles. The van der Waals surface area contributed by atoms with E-state index in [4.69, 9.17) is 11.6 Å². The molecule has 7 heteroatoms. The lowest BCUT2D eigenvalue weighted by molar-refractivity contribution is 0.453. The molecule has 4 rings (SSSR count). The van der Waals surface area contributed by atoms with Gasteiger partial charge in [0.2, 0.25) is 0 Å². The van der Waals surface area contributed by atoms with E-state index in [1.54, 1.807) is 6.20 Å². The highest BCUT2D eigenvalue weighted by Gasteiger charge is 2.26. The number of halogens is 1. The zero-order valence-corrected chi connectivity index (χ0v) is 14.5. The summed E-state index contributed by atoms with van der Waals surface area (Å²) in [6.45, 7) is 0. The average Bonchev–Trinajstić information content (AvgIpc) is 3.04. The molecule has 0 aliphatic carbocycles. The smallest absolute Gasteiger partial charge is 0.158 e. The second-order valence-corrected chi connectivity index (χ2v) is 8.81. The number of pyridine rings is 1. The van der Waals surface area contributed by atoms with E-state index in [0.717, 1.165) is 22.4 Å². The second kappa shape index (κ2) is 5.86. The molecule has 1 aliphatic rings. The zero-order valence-electron chi connectivity index (χ0n) is 12.9. The highest BCUT2D eigenvalue weighted by molar-refractivity contribution is 7.91. The molecule has 124 valence electrons. The van der Waals surface area contributed by atoms with E-state index in [2.05, 4.69) is 14.5 Å². The molecule has 1 aliphatic heterocycles. The Hall–Kier alpha value is -1.92. The Kier molecular flexibility index (Phi) is 3.81. The summed E-state index contributed by atoms with van der Waals surface area (Å²) in [5, 5.41) is 1.66. The van der Waals surface area contributed by atoms with E-state index in [1.165, 1.54) is 0 Å². The van der Waals surface area contributed by atoms with Crippen LogP contribution in [-0.4, -0.2) is 34.5 Å². The Morgan fingerprint density at radius 1 is 1.12 bits per heavy atom. The molecule has 0 atom stereocenters. The lowest BCUT2D eigenvalue weighted by atomic mass is 10.1. The van der Waals surface area contributed by atoms with Crippen molar-refractivity contribution < 1.29 is 8.42 Å². The number of hydrogen-bond donors (Lipinski definition) is 0. The lowest BCUT2D eigenvalue weighted by Gasteiger charge is -2.24. The SMILES string of the molecule is O=S1(=O)CCC(n2ccnc2-c2ccc3cc(Cl)ccc3n2)CC1. The van der Waals surface area contributed by atoms with Crippen molar-refractivity contribution in [2.45, 2.75) is 18.9 Å². The first-order chi connectivity index (χ1) is 11.5. The van der Waals surface area contributed by atoms with Crippen LogP contribution in [0.2, 0.25) is 5.02 Å². The number of nitrogens with zero attached hydrogens (tertiary/aromatic N) is 3. The standard InChI is InChI=1S/C17H16ClN3O2S/c18-13-2-4-15-12(11-13)1-3-16(20-15)17-19-7-8-21(17)14-5-9-24(22,23)10-6-14/h1-4,7-8,11,14H,5-6,9-10H2. The number of hydrogen-bond acceptors (Lipinski definition) is 4. The number of benzene rings is 1. The molecule has 3 heterocycles. The minimum Gasteiger partial charge on any atom is -0.327 e. The number of imidazole rings is 1. The van der Waals surface area contributed by atoms with Crippen molar-refractivity contribution in [1.29, 1.82) is 0 Å². The molecule has 5 nitrogen and oxygen atoms in total. The van der Waals surface area contributed by atoms with Crippen LogP contribution in [-0.2, 0) is 9.84 Å². The fraction of sp³-hybridized carbons (Fsp3) is 0.294. The molecular weight excluding hydrogens is 346 g/mol. The monoisotopic (exact) mass is 361 g/mol. The Morgan fingerprint density at radius 3 is 2.71 bits per heavy atom. The first-order valence-corrected chi connectivity index (χ1v) is 10.0. The molecule has 1 fully saturated rings.